The minimum Gasteiger partial charge on any atom is -0.467 e. The highest BCUT2D eigenvalue weighted by Gasteiger charge is 2.74. The number of Topliss-reactive ketones (excluding diaryl/α,β-unsaturated/α-hetero) is 1. The van der Waals surface area contributed by atoms with Crippen molar-refractivity contribution in [2.45, 2.75) is 56.9 Å². The molecule has 4 unspecified atom stereocenters. The number of rotatable bonds is 4. The van der Waals surface area contributed by atoms with Crippen molar-refractivity contribution in [1.82, 2.24) is 4.90 Å². The van der Waals surface area contributed by atoms with E-state index in [-0.39, 0.29) is 24.0 Å². The van der Waals surface area contributed by atoms with E-state index in [4.69, 9.17) is 9.15 Å². The zero-order valence-electron chi connectivity index (χ0n) is 19.4. The second-order valence-corrected chi connectivity index (χ2v) is 10.2. The number of hydrogen-bond acceptors (Lipinski definition) is 5. The highest BCUT2D eigenvalue weighted by Crippen LogP contribution is 2.60. The third kappa shape index (κ3) is 2.83. The van der Waals surface area contributed by atoms with Crippen molar-refractivity contribution in [2.24, 2.45) is 17.8 Å². The number of fused-ring (bicyclic) bond motifs is 2. The summed E-state index contributed by atoms with van der Waals surface area (Å²) >= 11 is 0. The van der Waals surface area contributed by atoms with Crippen LogP contribution in [-0.4, -0.2) is 40.2 Å². The minimum absolute atomic E-state index is 0.0732. The van der Waals surface area contributed by atoms with Crippen LogP contribution in [0.1, 0.15) is 50.5 Å². The number of carbonyl (C=O) groups is 3. The Kier molecular flexibility index (Phi) is 4.65. The number of nitrogens with one attached hydrogen (secondary N) is 1. The van der Waals surface area contributed by atoms with Crippen LogP contribution >= 0.6 is 0 Å². The molecular weight excluding hydrogens is 432 g/mol. The predicted molar refractivity (Wildman–Crippen MR) is 124 cm³/mol. The van der Waals surface area contributed by atoms with Gasteiger partial charge in [0.15, 0.2) is 0 Å². The molecule has 2 bridgehead atoms. The summed E-state index contributed by atoms with van der Waals surface area (Å²) in [5.41, 5.74) is 0.898. The summed E-state index contributed by atoms with van der Waals surface area (Å²) in [4.78, 5) is 42.2. The molecule has 34 heavy (non-hydrogen) atoms. The molecule has 1 N–H and O–H groups in total. The van der Waals surface area contributed by atoms with Crippen molar-refractivity contribution in [3.63, 3.8) is 0 Å². The molecule has 6 rings (SSSR count). The van der Waals surface area contributed by atoms with E-state index in [0.717, 1.165) is 0 Å². The zero-order chi connectivity index (χ0) is 23.8. The molecule has 0 radical (unpaired) electrons. The lowest BCUT2D eigenvalue weighted by Crippen LogP contribution is -2.55. The lowest BCUT2D eigenvalue weighted by molar-refractivity contribution is -0.147. The quantitative estimate of drug-likeness (QED) is 0.701. The molecule has 7 nitrogen and oxygen atoms in total. The van der Waals surface area contributed by atoms with E-state index in [0.29, 0.717) is 17.4 Å². The average molecular weight is 461 g/mol. The van der Waals surface area contributed by atoms with Gasteiger partial charge in [0.1, 0.15) is 17.1 Å². The van der Waals surface area contributed by atoms with Gasteiger partial charge in [0, 0.05) is 18.0 Å². The van der Waals surface area contributed by atoms with Gasteiger partial charge >= 0.3 is 0 Å². The van der Waals surface area contributed by atoms with E-state index < -0.39 is 41.5 Å². The van der Waals surface area contributed by atoms with E-state index in [2.05, 4.69) is 19.2 Å². The van der Waals surface area contributed by atoms with Crippen LogP contribution in [0.25, 0.3) is 0 Å². The van der Waals surface area contributed by atoms with Gasteiger partial charge < -0.3 is 19.4 Å². The third-order valence-electron chi connectivity index (χ3n) is 8.10. The van der Waals surface area contributed by atoms with Crippen molar-refractivity contribution < 1.29 is 23.5 Å². The molecular formula is C27H28N2O5. The number of anilines is 1. The predicted octanol–water partition coefficient (Wildman–Crippen LogP) is 3.84. The number of ketones is 1. The van der Waals surface area contributed by atoms with Crippen molar-refractivity contribution in [3.8, 4) is 0 Å². The maximum atomic E-state index is 13.9. The number of furan rings is 1. The van der Waals surface area contributed by atoms with E-state index in [1.54, 1.807) is 23.3 Å². The Bertz CT molecular complexity index is 1180. The zero-order valence-corrected chi connectivity index (χ0v) is 19.4. The molecule has 3 fully saturated rings. The highest BCUT2D eigenvalue weighted by atomic mass is 16.5. The summed E-state index contributed by atoms with van der Waals surface area (Å²) in [6, 6.07) is 10.4. The summed E-state index contributed by atoms with van der Waals surface area (Å²) in [6.45, 7) is 6.10. The molecule has 2 aromatic rings. The number of benzene rings is 1. The van der Waals surface area contributed by atoms with Gasteiger partial charge in [-0.3, -0.25) is 14.4 Å². The second kappa shape index (κ2) is 7.40. The van der Waals surface area contributed by atoms with Gasteiger partial charge in [0.25, 0.3) is 0 Å². The topological polar surface area (TPSA) is 88.8 Å². The smallest absolute Gasteiger partial charge is 0.231 e. The fourth-order valence-electron chi connectivity index (χ4n) is 6.44. The third-order valence-corrected chi connectivity index (χ3v) is 8.10. The van der Waals surface area contributed by atoms with Gasteiger partial charge in [-0.05, 0) is 35.7 Å². The fraction of sp³-hybridized carbons (Fsp3) is 0.444. The molecule has 1 aromatic heterocycles. The lowest BCUT2D eigenvalue weighted by atomic mass is 9.70. The number of nitrogens with zero attached hydrogens (tertiary/aromatic N) is 1. The van der Waals surface area contributed by atoms with E-state index in [1.807, 2.05) is 43.3 Å². The number of ether oxygens (including phenoxy) is 1. The molecule has 1 spiro atoms. The normalized spacial score (nSPS) is 35.7. The van der Waals surface area contributed by atoms with Gasteiger partial charge in [-0.1, -0.05) is 45.1 Å². The van der Waals surface area contributed by atoms with Gasteiger partial charge in [0.05, 0.1) is 36.3 Å². The largest absolute Gasteiger partial charge is 0.467 e. The van der Waals surface area contributed by atoms with Gasteiger partial charge in [-0.25, -0.2) is 0 Å². The molecule has 4 aliphatic heterocycles. The van der Waals surface area contributed by atoms with Crippen LogP contribution in [0.15, 0.2) is 59.2 Å². The van der Waals surface area contributed by atoms with Crippen LogP contribution in [0.4, 0.5) is 5.69 Å². The SMILES string of the molecule is CC(C)c1ccc(NC(=O)[C@@H]2C3C=C[C@@]4(O3)C3C(C)C(=O)CC(c5ccco5)N3C(=O)[C@H]24)cc1. The Morgan fingerprint density at radius 1 is 1.18 bits per heavy atom. The Hall–Kier alpha value is -3.19. The summed E-state index contributed by atoms with van der Waals surface area (Å²) in [7, 11) is 0. The fourth-order valence-corrected chi connectivity index (χ4v) is 6.44. The molecule has 5 heterocycles. The first-order chi connectivity index (χ1) is 16.3. The first-order valence-corrected chi connectivity index (χ1v) is 12.0. The van der Waals surface area contributed by atoms with Crippen molar-refractivity contribution >= 4 is 23.3 Å². The van der Waals surface area contributed by atoms with E-state index in [9.17, 15) is 14.4 Å². The van der Waals surface area contributed by atoms with Crippen LogP contribution in [-0.2, 0) is 19.1 Å². The molecule has 176 valence electrons. The number of amides is 2. The van der Waals surface area contributed by atoms with Crippen molar-refractivity contribution in [1.29, 1.82) is 0 Å². The first-order valence-electron chi connectivity index (χ1n) is 12.0. The summed E-state index contributed by atoms with van der Waals surface area (Å²) in [6.07, 6.45) is 5.06. The van der Waals surface area contributed by atoms with Crippen molar-refractivity contribution in [2.75, 3.05) is 5.32 Å². The highest BCUT2D eigenvalue weighted by molar-refractivity contribution is 6.00. The molecule has 3 saturated heterocycles. The molecule has 1 aromatic carbocycles. The van der Waals surface area contributed by atoms with Crippen molar-refractivity contribution in [3.05, 3.63) is 66.1 Å². The molecule has 0 aliphatic carbocycles. The Labute approximate surface area is 198 Å². The molecule has 0 saturated carbocycles. The summed E-state index contributed by atoms with van der Waals surface area (Å²) in [5.74, 6) is -1.05. The van der Waals surface area contributed by atoms with E-state index >= 15 is 0 Å². The van der Waals surface area contributed by atoms with Crippen LogP contribution in [0.5, 0.6) is 0 Å². The van der Waals surface area contributed by atoms with Crippen LogP contribution < -0.4 is 5.32 Å². The van der Waals surface area contributed by atoms with Crippen LogP contribution in [0, 0.1) is 17.8 Å². The van der Waals surface area contributed by atoms with Crippen LogP contribution in [0.3, 0.4) is 0 Å². The monoisotopic (exact) mass is 460 g/mol. The number of piperidine rings is 1. The second-order valence-electron chi connectivity index (χ2n) is 10.2. The maximum absolute atomic E-state index is 13.9. The minimum atomic E-state index is -0.981. The molecule has 4 aliphatic rings. The summed E-state index contributed by atoms with van der Waals surface area (Å²) < 4.78 is 12.0. The summed E-state index contributed by atoms with van der Waals surface area (Å²) in [5, 5.41) is 3.00. The Balaban J connectivity index is 1.34. The first kappa shape index (κ1) is 21.4. The Morgan fingerprint density at radius 3 is 2.62 bits per heavy atom. The number of hydrogen-bond donors (Lipinski definition) is 1. The number of carbonyl (C=O) groups excluding carboxylic acids is 3. The molecule has 7 heteroatoms. The Morgan fingerprint density at radius 2 is 1.94 bits per heavy atom. The van der Waals surface area contributed by atoms with Gasteiger partial charge in [-0.2, -0.15) is 0 Å². The average Bonchev–Trinajstić information content (AvgIpc) is 3.59. The lowest BCUT2D eigenvalue weighted by Gasteiger charge is -2.43. The van der Waals surface area contributed by atoms with Crippen LogP contribution in [0.2, 0.25) is 0 Å². The van der Waals surface area contributed by atoms with Gasteiger partial charge in [-0.15, -0.1) is 0 Å². The standard InChI is InChI=1S/C27H28N2O5/c1-14(2)16-6-8-17(9-7-16)28-25(31)22-21-10-11-27(34-21)23(22)26(32)29-18(20-5-4-12-33-20)13-19(30)15(3)24(27)29/h4-12,14-15,18,21-24H,13H2,1-3H3,(H,28,31)/t15?,18?,21?,22-,23+,24?,27+/m1/s1. The molecule has 7 atom stereocenters. The molecule has 2 amide bonds. The van der Waals surface area contributed by atoms with Gasteiger partial charge in [0.2, 0.25) is 11.8 Å². The maximum Gasteiger partial charge on any atom is 0.231 e. The van der Waals surface area contributed by atoms with E-state index in [1.165, 1.54) is 5.56 Å².